The summed E-state index contributed by atoms with van der Waals surface area (Å²) in [6, 6.07) is 34.6. The molecule has 1 fully saturated rings. The lowest BCUT2D eigenvalue weighted by molar-refractivity contribution is -0.118. The number of rotatable bonds is 25. The average molecular weight is 1170 g/mol. The van der Waals surface area contributed by atoms with Gasteiger partial charge in [-0.25, -0.2) is 24.3 Å². The number of methoxy groups -OCH3 is 2. The third-order valence-electron chi connectivity index (χ3n) is 12.8. The van der Waals surface area contributed by atoms with Gasteiger partial charge in [-0.1, -0.05) is 86.6 Å². The maximum absolute atomic E-state index is 16.6. The molecule has 0 saturated carbocycles. The van der Waals surface area contributed by atoms with Crippen molar-refractivity contribution >= 4 is 72.7 Å². The van der Waals surface area contributed by atoms with E-state index in [0.29, 0.717) is 28.2 Å². The predicted octanol–water partition coefficient (Wildman–Crippen LogP) is 7.79. The Kier molecular flexibility index (Phi) is 18.4. The molecule has 24 nitrogen and oxygen atoms in total. The third kappa shape index (κ3) is 12.9. The first-order valence-electron chi connectivity index (χ1n) is 25.0. The fraction of sp³-hybridized carbons (Fsp3) is 0.302. The van der Waals surface area contributed by atoms with Crippen molar-refractivity contribution in [1.82, 2.24) is 39.0 Å². The van der Waals surface area contributed by atoms with Gasteiger partial charge in [0.1, 0.15) is 42.0 Å². The number of anilines is 2. The molecule has 2 amide bonds. The Morgan fingerprint density at radius 1 is 0.877 bits per heavy atom. The van der Waals surface area contributed by atoms with Crippen LogP contribution in [-0.2, 0) is 67.5 Å². The number of benzene rings is 4. The van der Waals surface area contributed by atoms with Gasteiger partial charge in [-0.15, -0.1) is 9.42 Å². The number of H-pyrrole nitrogens is 1. The van der Waals surface area contributed by atoms with Crippen LogP contribution in [0.3, 0.4) is 0 Å². The number of aromatic nitrogens is 8. The first-order valence-corrected chi connectivity index (χ1v) is 28.7. The molecule has 2 unspecified atom stereocenters. The molecule has 0 aliphatic carbocycles. The molecule has 0 bridgehead atoms. The summed E-state index contributed by atoms with van der Waals surface area (Å²) in [7, 11) is -0.264. The van der Waals surface area contributed by atoms with Crippen molar-refractivity contribution in [3.63, 3.8) is 0 Å². The molecule has 0 spiro atoms. The van der Waals surface area contributed by atoms with E-state index in [1.165, 1.54) is 10.9 Å². The fourth-order valence-electron chi connectivity index (χ4n) is 8.86. The lowest BCUT2D eigenvalue weighted by Gasteiger charge is -2.36. The van der Waals surface area contributed by atoms with Crippen molar-refractivity contribution in [2.24, 2.45) is 5.92 Å². The summed E-state index contributed by atoms with van der Waals surface area (Å²) in [4.78, 5) is 74.5. The lowest BCUT2D eigenvalue weighted by atomic mass is 9.80. The molecule has 420 valence electrons. The summed E-state index contributed by atoms with van der Waals surface area (Å²) in [5.74, 6) is -0.124. The molecule has 81 heavy (non-hydrogen) atoms. The van der Waals surface area contributed by atoms with E-state index in [0.717, 1.165) is 11.9 Å². The first kappa shape index (κ1) is 57.9. The van der Waals surface area contributed by atoms with Crippen LogP contribution in [0.1, 0.15) is 59.4 Å². The highest BCUT2D eigenvalue weighted by atomic mass is 32.5. The van der Waals surface area contributed by atoms with Gasteiger partial charge in [0.2, 0.25) is 11.9 Å². The minimum Gasteiger partial charge on any atom is -0.497 e. The summed E-state index contributed by atoms with van der Waals surface area (Å²) in [5, 5.41) is 14.8. The SMILES string of the molecule is COc1ccc(C(OCc2nc3c(=O)[nH]c(NC(=O)C(C)C)nc3n2CCOP(=S)(OCCC#N)OC[C@H]2O[C@@H](n3cnc4c(NC(=O)c5ccccc5)ncnc43)[C@H](O[P+](=O)O)[C@@H]2F)(c2ccccc2)c2ccc(OC)cc2)cc1. The van der Waals surface area contributed by atoms with Crippen molar-refractivity contribution in [2.75, 3.05) is 44.7 Å². The second kappa shape index (κ2) is 25.8. The number of hydrogen-bond donors (Lipinski definition) is 4. The summed E-state index contributed by atoms with van der Waals surface area (Å²) in [6.45, 7) is -2.32. The van der Waals surface area contributed by atoms with Gasteiger partial charge in [0.05, 0.1) is 52.9 Å². The zero-order chi connectivity index (χ0) is 57.3. The number of hydrogen-bond acceptors (Lipinski definition) is 19. The number of halogens is 1. The largest absolute Gasteiger partial charge is 0.695 e. The number of aromatic amines is 1. The topological polar surface area (TPSA) is 300 Å². The van der Waals surface area contributed by atoms with Crippen molar-refractivity contribution in [2.45, 2.75) is 63.6 Å². The second-order valence-corrected chi connectivity index (χ2v) is 21.9. The van der Waals surface area contributed by atoms with E-state index >= 15 is 4.39 Å². The second-order valence-electron chi connectivity index (χ2n) is 18.2. The summed E-state index contributed by atoms with van der Waals surface area (Å²) in [5.41, 5.74) is 0.522. The zero-order valence-electron chi connectivity index (χ0n) is 43.8. The van der Waals surface area contributed by atoms with Crippen molar-refractivity contribution in [1.29, 1.82) is 5.26 Å². The highest BCUT2D eigenvalue weighted by Crippen LogP contribution is 2.51. The van der Waals surface area contributed by atoms with Crippen LogP contribution in [0.5, 0.6) is 11.5 Å². The molecule has 4 aromatic heterocycles. The van der Waals surface area contributed by atoms with Crippen LogP contribution in [-0.4, -0.2) is 108 Å². The molecule has 6 atom stereocenters. The van der Waals surface area contributed by atoms with Crippen LogP contribution in [0, 0.1) is 17.2 Å². The quantitative estimate of drug-likeness (QED) is 0.0241. The summed E-state index contributed by atoms with van der Waals surface area (Å²) < 4.78 is 79.3. The molecule has 5 heterocycles. The Morgan fingerprint density at radius 3 is 2.15 bits per heavy atom. The van der Waals surface area contributed by atoms with E-state index in [4.69, 9.17) is 53.8 Å². The Bertz CT molecular complexity index is 3640. The van der Waals surface area contributed by atoms with Gasteiger partial charge in [-0.2, -0.15) is 10.2 Å². The van der Waals surface area contributed by atoms with Gasteiger partial charge >= 0.3 is 15.0 Å². The Hall–Kier alpha value is -7.79. The van der Waals surface area contributed by atoms with Crippen LogP contribution in [0.4, 0.5) is 16.2 Å². The fourth-order valence-corrected chi connectivity index (χ4v) is 11.1. The molecule has 1 saturated heterocycles. The number of nitrogens with one attached hydrogen (secondary N) is 3. The molecule has 8 aromatic rings. The predicted molar refractivity (Wildman–Crippen MR) is 294 cm³/mol. The molecule has 4 N–H and O–H groups in total. The number of nitriles is 1. The molecule has 0 radical (unpaired) electrons. The lowest BCUT2D eigenvalue weighted by Crippen LogP contribution is -2.33. The van der Waals surface area contributed by atoms with E-state index in [9.17, 15) is 29.1 Å². The van der Waals surface area contributed by atoms with Crippen LogP contribution in [0.2, 0.25) is 0 Å². The van der Waals surface area contributed by atoms with E-state index < -0.39 is 75.1 Å². The number of nitrogens with zero attached hydrogens (tertiary/aromatic N) is 8. The molecule has 1 aliphatic heterocycles. The molecule has 1 aliphatic rings. The minimum atomic E-state index is -3.98. The molecular weight excluding hydrogens is 1110 g/mol. The number of alkyl halides is 1. The third-order valence-corrected chi connectivity index (χ3v) is 15.7. The van der Waals surface area contributed by atoms with Gasteiger partial charge in [-0.05, 0) is 64.9 Å². The van der Waals surface area contributed by atoms with Gasteiger partial charge in [-0.3, -0.25) is 29.3 Å². The molecule has 9 rings (SSSR count). The van der Waals surface area contributed by atoms with Crippen LogP contribution in [0.25, 0.3) is 22.3 Å². The highest BCUT2D eigenvalue weighted by molar-refractivity contribution is 8.07. The number of fused-ring (bicyclic) bond motifs is 2. The molecule has 4 aromatic carbocycles. The van der Waals surface area contributed by atoms with E-state index in [1.807, 2.05) is 84.9 Å². The summed E-state index contributed by atoms with van der Waals surface area (Å²) >= 11 is 5.87. The number of carbonyl (C=O) groups excluding carboxylic acids is 2. The zero-order valence-corrected chi connectivity index (χ0v) is 46.4. The number of ether oxygens (including phenoxy) is 4. The number of carbonyl (C=O) groups is 2. The van der Waals surface area contributed by atoms with Gasteiger partial charge in [0.25, 0.3) is 11.5 Å². The maximum atomic E-state index is 16.6. The van der Waals surface area contributed by atoms with Crippen LogP contribution < -0.4 is 25.7 Å². The van der Waals surface area contributed by atoms with Crippen LogP contribution in [0.15, 0.2) is 127 Å². The Labute approximate surface area is 467 Å². The van der Waals surface area contributed by atoms with Gasteiger partial charge in [0, 0.05) is 22.6 Å². The van der Waals surface area contributed by atoms with Gasteiger partial charge < -0.3 is 42.4 Å². The van der Waals surface area contributed by atoms with Crippen molar-refractivity contribution in [3.8, 4) is 17.6 Å². The number of imidazole rings is 2. The Morgan fingerprint density at radius 2 is 1.52 bits per heavy atom. The smallest absolute Gasteiger partial charge is 0.497 e. The van der Waals surface area contributed by atoms with Gasteiger partial charge in [0.15, 0.2) is 46.6 Å². The van der Waals surface area contributed by atoms with E-state index in [1.54, 1.807) is 63.0 Å². The first-order chi connectivity index (χ1) is 39.1. The van der Waals surface area contributed by atoms with Crippen molar-refractivity contribution < 1.29 is 60.5 Å². The minimum absolute atomic E-state index is 0.0204. The normalized spacial score (nSPS) is 17.2. The standard InChI is InChI=1S/C53H52FN11O13P2S/c1-32(2)48(66)62-52-61-47-43(50(68)63-52)59-40(29-73-53(34-14-9-6-10-15-34,35-16-20-37(71-3)21-17-35)36-18-22-38(72-4)23-19-36)64(47)25-27-75-80(81,74-26-11-24-55)76-28-39-41(54)44(78-79(69)70)51(77-39)65-31-58-42-45(56-30-57-46(42)65)60-49(67)33-12-7-5-8-13-33/h5-10,12-23,30-32,39,41,44,51H,11,25-29H2,1-4H3,(H3-,56,57,60,61,62,63,66,67,68,69,70)/p+1/t39-,41-,44-,51-,80?/m1/s1. The Balaban J connectivity index is 1.01. The highest BCUT2D eigenvalue weighted by Gasteiger charge is 2.52. The number of amides is 2. The van der Waals surface area contributed by atoms with Crippen LogP contribution >= 0.6 is 15.0 Å². The van der Waals surface area contributed by atoms with E-state index in [-0.39, 0.29) is 72.7 Å². The monoisotopic (exact) mass is 1160 g/mol. The molecular formula is C53H53FN11O13P2S+. The maximum Gasteiger partial charge on any atom is 0.695 e. The average Bonchev–Trinajstić information content (AvgIpc) is 4.41. The summed E-state index contributed by atoms with van der Waals surface area (Å²) in [6.07, 6.45) is -4.69. The van der Waals surface area contributed by atoms with Crippen molar-refractivity contribution in [3.05, 3.63) is 160 Å². The van der Waals surface area contributed by atoms with E-state index in [2.05, 4.69) is 35.6 Å². The molecule has 28 heteroatoms.